The molecular weight excluding hydrogens is 380 g/mol. The van der Waals surface area contributed by atoms with Gasteiger partial charge in [-0.15, -0.1) is 0 Å². The van der Waals surface area contributed by atoms with Crippen molar-refractivity contribution in [2.24, 2.45) is 0 Å². The number of rotatable bonds is 1. The highest BCUT2D eigenvalue weighted by atomic mass is 16.5. The molecule has 1 aromatic heterocycles. The molecule has 3 aromatic carbocycles. The highest BCUT2D eigenvalue weighted by Gasteiger charge is 2.30. The Morgan fingerprint density at radius 3 is 2.23 bits per heavy atom. The van der Waals surface area contributed by atoms with Crippen molar-refractivity contribution < 1.29 is 4.74 Å². The lowest BCUT2D eigenvalue weighted by molar-refractivity contribution is 0.475. The molecule has 31 heavy (non-hydrogen) atoms. The Hall–Kier alpha value is -3.33. The van der Waals surface area contributed by atoms with Crippen LogP contribution in [0.25, 0.3) is 10.9 Å². The summed E-state index contributed by atoms with van der Waals surface area (Å²) in [5.41, 5.74) is 8.28. The summed E-state index contributed by atoms with van der Waals surface area (Å²) in [5, 5.41) is 1.08. The second-order valence-corrected chi connectivity index (χ2v) is 9.62. The first kappa shape index (κ1) is 19.6. The number of para-hydroxylation sites is 2. The molecule has 0 radical (unpaired) electrons. The van der Waals surface area contributed by atoms with Gasteiger partial charge in [0.05, 0.1) is 16.9 Å². The number of hydrogen-bond donors (Lipinski definition) is 0. The molecule has 0 saturated carbocycles. The number of pyridine rings is 1. The van der Waals surface area contributed by atoms with E-state index >= 15 is 0 Å². The van der Waals surface area contributed by atoms with E-state index in [1.54, 1.807) is 0 Å². The molecule has 1 aliphatic heterocycles. The number of aromatic nitrogens is 1. The van der Waals surface area contributed by atoms with Crippen molar-refractivity contribution in [2.45, 2.75) is 47.0 Å². The third-order valence-electron chi connectivity index (χ3n) is 6.04. The largest absolute Gasteiger partial charge is 0.451 e. The van der Waals surface area contributed by atoms with Crippen LogP contribution in [0.15, 0.2) is 60.7 Å². The molecule has 5 rings (SSSR count). The smallest absolute Gasteiger partial charge is 0.181 e. The van der Waals surface area contributed by atoms with Crippen molar-refractivity contribution in [3.05, 3.63) is 82.9 Å². The van der Waals surface area contributed by atoms with Crippen LogP contribution in [0.1, 0.15) is 43.0 Å². The minimum absolute atomic E-state index is 0.0981. The van der Waals surface area contributed by atoms with Gasteiger partial charge < -0.3 is 4.74 Å². The van der Waals surface area contributed by atoms with Crippen molar-refractivity contribution in [3.63, 3.8) is 0 Å². The van der Waals surface area contributed by atoms with E-state index in [9.17, 15) is 0 Å². The Morgan fingerprint density at radius 2 is 1.52 bits per heavy atom. The predicted molar refractivity (Wildman–Crippen MR) is 129 cm³/mol. The minimum Gasteiger partial charge on any atom is -0.451 e. The molecule has 0 bridgehead atoms. The van der Waals surface area contributed by atoms with Crippen LogP contribution in [0.4, 0.5) is 17.2 Å². The van der Waals surface area contributed by atoms with E-state index in [1.807, 2.05) is 12.1 Å². The molecule has 3 nitrogen and oxygen atoms in total. The number of benzene rings is 3. The molecule has 0 N–H and O–H groups in total. The van der Waals surface area contributed by atoms with Gasteiger partial charge in [-0.3, -0.25) is 4.90 Å². The van der Waals surface area contributed by atoms with Gasteiger partial charge in [0, 0.05) is 5.39 Å². The third-order valence-corrected chi connectivity index (χ3v) is 6.04. The summed E-state index contributed by atoms with van der Waals surface area (Å²) in [6.07, 6.45) is 0. The second-order valence-electron chi connectivity index (χ2n) is 9.62. The number of anilines is 3. The first-order chi connectivity index (χ1) is 14.7. The normalized spacial score (nSPS) is 13.0. The average molecular weight is 409 g/mol. The summed E-state index contributed by atoms with van der Waals surface area (Å²) < 4.78 is 6.32. The van der Waals surface area contributed by atoms with Gasteiger partial charge in [0.2, 0.25) is 0 Å². The Bertz CT molecular complexity index is 1310. The van der Waals surface area contributed by atoms with Crippen LogP contribution in [-0.4, -0.2) is 4.98 Å². The zero-order valence-corrected chi connectivity index (χ0v) is 19.1. The summed E-state index contributed by atoms with van der Waals surface area (Å²) in [6, 6.07) is 21.3. The number of nitrogens with zero attached hydrogens (tertiary/aromatic N) is 2. The van der Waals surface area contributed by atoms with Gasteiger partial charge in [0.15, 0.2) is 17.3 Å². The quantitative estimate of drug-likeness (QED) is 0.281. The van der Waals surface area contributed by atoms with E-state index in [0.717, 1.165) is 33.9 Å². The van der Waals surface area contributed by atoms with Gasteiger partial charge in [0.1, 0.15) is 0 Å². The maximum atomic E-state index is 6.32. The molecule has 3 heteroatoms. The van der Waals surface area contributed by atoms with Crippen molar-refractivity contribution in [1.82, 2.24) is 4.98 Å². The summed E-state index contributed by atoms with van der Waals surface area (Å²) in [6.45, 7) is 13.3. The summed E-state index contributed by atoms with van der Waals surface area (Å²) in [7, 11) is 0. The van der Waals surface area contributed by atoms with E-state index in [4.69, 9.17) is 9.72 Å². The highest BCUT2D eigenvalue weighted by Crippen LogP contribution is 2.51. The molecule has 0 aliphatic carbocycles. The zero-order chi connectivity index (χ0) is 21.9. The SMILES string of the molecule is Cc1ccc2cc3c(nc2c1)N(c1c(C)cc(C(C)(C)C)cc1C)c1ccccc1O3. The van der Waals surface area contributed by atoms with Crippen LogP contribution < -0.4 is 9.64 Å². The molecular formula is C28H28N2O. The van der Waals surface area contributed by atoms with E-state index in [0.29, 0.717) is 0 Å². The number of ether oxygens (including phenoxy) is 1. The molecule has 2 heterocycles. The van der Waals surface area contributed by atoms with E-state index in [1.165, 1.54) is 27.9 Å². The van der Waals surface area contributed by atoms with E-state index in [2.05, 4.69) is 95.0 Å². The topological polar surface area (TPSA) is 25.4 Å². The zero-order valence-electron chi connectivity index (χ0n) is 19.1. The van der Waals surface area contributed by atoms with Crippen LogP contribution in [0.5, 0.6) is 11.5 Å². The number of fused-ring (bicyclic) bond motifs is 3. The lowest BCUT2D eigenvalue weighted by Gasteiger charge is -2.34. The molecule has 156 valence electrons. The molecule has 0 saturated heterocycles. The van der Waals surface area contributed by atoms with Crippen LogP contribution >= 0.6 is 0 Å². The van der Waals surface area contributed by atoms with Crippen LogP contribution in [0.2, 0.25) is 0 Å². The predicted octanol–water partition coefficient (Wildman–Crippen LogP) is 8.03. The molecule has 4 aromatic rings. The Morgan fingerprint density at radius 1 is 0.806 bits per heavy atom. The Labute approximate surface area is 184 Å². The fourth-order valence-corrected chi connectivity index (χ4v) is 4.41. The molecule has 0 unspecified atom stereocenters. The summed E-state index contributed by atoms with van der Waals surface area (Å²) >= 11 is 0. The maximum absolute atomic E-state index is 6.32. The monoisotopic (exact) mass is 408 g/mol. The standard InChI is InChI=1S/C28H28N2O/c1-17-11-12-20-16-25-27(29-22(20)13-17)30(23-9-7-8-10-24(23)31-25)26-18(2)14-21(15-19(26)3)28(4,5)6/h7-16H,1-6H3. The van der Waals surface area contributed by atoms with Crippen molar-refractivity contribution in [2.75, 3.05) is 4.90 Å². The summed E-state index contributed by atoms with van der Waals surface area (Å²) in [4.78, 5) is 7.36. The van der Waals surface area contributed by atoms with Crippen molar-refractivity contribution in [3.8, 4) is 11.5 Å². The minimum atomic E-state index is 0.0981. The van der Waals surface area contributed by atoms with Crippen molar-refractivity contribution in [1.29, 1.82) is 0 Å². The van der Waals surface area contributed by atoms with Crippen molar-refractivity contribution >= 4 is 28.1 Å². The molecule has 1 aliphatic rings. The van der Waals surface area contributed by atoms with Crippen LogP contribution in [0, 0.1) is 20.8 Å². The fourth-order valence-electron chi connectivity index (χ4n) is 4.41. The molecule has 0 atom stereocenters. The second kappa shape index (κ2) is 6.84. The van der Waals surface area contributed by atoms with Crippen LogP contribution in [-0.2, 0) is 5.41 Å². The van der Waals surface area contributed by atoms with Gasteiger partial charge in [-0.05, 0) is 72.7 Å². The molecule has 0 spiro atoms. The fraction of sp³-hybridized carbons (Fsp3) is 0.250. The first-order valence-electron chi connectivity index (χ1n) is 10.8. The van der Waals surface area contributed by atoms with Gasteiger partial charge in [-0.2, -0.15) is 0 Å². The maximum Gasteiger partial charge on any atom is 0.181 e. The molecule has 0 amide bonds. The average Bonchev–Trinajstić information content (AvgIpc) is 2.70. The lowest BCUT2D eigenvalue weighted by Crippen LogP contribution is -2.20. The summed E-state index contributed by atoms with van der Waals surface area (Å²) in [5.74, 6) is 2.47. The van der Waals surface area contributed by atoms with Gasteiger partial charge in [-0.25, -0.2) is 4.98 Å². The third kappa shape index (κ3) is 3.25. The Balaban J connectivity index is 1.80. The van der Waals surface area contributed by atoms with Gasteiger partial charge in [0.25, 0.3) is 0 Å². The Kier molecular flexibility index (Phi) is 4.33. The van der Waals surface area contributed by atoms with Gasteiger partial charge >= 0.3 is 0 Å². The van der Waals surface area contributed by atoms with E-state index < -0.39 is 0 Å². The number of hydrogen-bond acceptors (Lipinski definition) is 3. The highest BCUT2D eigenvalue weighted by molar-refractivity contribution is 5.92. The van der Waals surface area contributed by atoms with E-state index in [-0.39, 0.29) is 5.41 Å². The van der Waals surface area contributed by atoms with Gasteiger partial charge in [-0.1, -0.05) is 57.2 Å². The first-order valence-corrected chi connectivity index (χ1v) is 10.8. The molecule has 0 fully saturated rings. The number of aryl methyl sites for hydroxylation is 3. The lowest BCUT2D eigenvalue weighted by atomic mass is 9.84. The van der Waals surface area contributed by atoms with Crippen LogP contribution in [0.3, 0.4) is 0 Å².